The Labute approximate surface area is 154 Å². The van der Waals surface area contributed by atoms with E-state index in [9.17, 15) is 0 Å². The number of rotatable bonds is 6. The molecular formula is C17H24IN3S. The molecule has 2 N–H and O–H groups in total. The minimum atomic E-state index is 0. The van der Waals surface area contributed by atoms with Gasteiger partial charge in [0.05, 0.1) is 6.54 Å². The van der Waals surface area contributed by atoms with Crippen LogP contribution in [0.2, 0.25) is 0 Å². The molecule has 0 aliphatic heterocycles. The van der Waals surface area contributed by atoms with Crippen molar-refractivity contribution in [2.45, 2.75) is 32.4 Å². The second kappa shape index (κ2) is 10.6. The van der Waals surface area contributed by atoms with Crippen molar-refractivity contribution in [2.75, 3.05) is 7.05 Å². The van der Waals surface area contributed by atoms with Gasteiger partial charge in [-0.3, -0.25) is 4.99 Å². The third kappa shape index (κ3) is 6.79. The molecule has 1 unspecified atom stereocenters. The molecule has 3 nitrogen and oxygen atoms in total. The number of hydrogen-bond donors (Lipinski definition) is 2. The molecule has 2 aromatic rings. The minimum absolute atomic E-state index is 0. The zero-order valence-corrected chi connectivity index (χ0v) is 16.2. The fourth-order valence-electron chi connectivity index (χ4n) is 2.11. The van der Waals surface area contributed by atoms with E-state index in [4.69, 9.17) is 0 Å². The molecule has 120 valence electrons. The first-order chi connectivity index (χ1) is 10.3. The SMILES string of the molecule is CN=C(NCc1cccs1)NC(C)CCc1ccccc1.I. The molecule has 1 aromatic heterocycles. The average Bonchev–Trinajstić information content (AvgIpc) is 3.04. The van der Waals surface area contributed by atoms with Crippen LogP contribution in [0.3, 0.4) is 0 Å². The molecule has 0 radical (unpaired) electrons. The van der Waals surface area contributed by atoms with Gasteiger partial charge in [0.1, 0.15) is 0 Å². The summed E-state index contributed by atoms with van der Waals surface area (Å²) in [5, 5.41) is 8.89. The van der Waals surface area contributed by atoms with Crippen LogP contribution in [0.1, 0.15) is 23.8 Å². The zero-order chi connectivity index (χ0) is 14.9. The number of benzene rings is 1. The molecule has 2 rings (SSSR count). The second-order valence-corrected chi connectivity index (χ2v) is 6.11. The van der Waals surface area contributed by atoms with Gasteiger partial charge in [-0.25, -0.2) is 0 Å². The molecule has 0 fully saturated rings. The first kappa shape index (κ1) is 19.0. The fraction of sp³-hybridized carbons (Fsp3) is 0.353. The third-order valence-electron chi connectivity index (χ3n) is 3.33. The highest BCUT2D eigenvalue weighted by Gasteiger charge is 2.05. The van der Waals surface area contributed by atoms with Crippen LogP contribution in [0.4, 0.5) is 0 Å². The summed E-state index contributed by atoms with van der Waals surface area (Å²) < 4.78 is 0. The average molecular weight is 429 g/mol. The molecule has 0 aliphatic rings. The largest absolute Gasteiger partial charge is 0.354 e. The first-order valence-electron chi connectivity index (χ1n) is 7.31. The molecular weight excluding hydrogens is 405 g/mol. The maximum Gasteiger partial charge on any atom is 0.191 e. The minimum Gasteiger partial charge on any atom is -0.354 e. The van der Waals surface area contributed by atoms with E-state index >= 15 is 0 Å². The maximum atomic E-state index is 4.28. The number of hydrogen-bond acceptors (Lipinski definition) is 2. The van der Waals surface area contributed by atoms with E-state index in [1.165, 1.54) is 10.4 Å². The van der Waals surface area contributed by atoms with Gasteiger partial charge >= 0.3 is 0 Å². The zero-order valence-electron chi connectivity index (χ0n) is 13.1. The molecule has 0 saturated heterocycles. The lowest BCUT2D eigenvalue weighted by molar-refractivity contribution is 0.593. The number of nitrogens with zero attached hydrogens (tertiary/aromatic N) is 1. The van der Waals surface area contributed by atoms with Gasteiger partial charge in [0, 0.05) is 18.0 Å². The van der Waals surface area contributed by atoms with Crippen molar-refractivity contribution in [3.05, 3.63) is 58.3 Å². The fourth-order valence-corrected chi connectivity index (χ4v) is 2.76. The van der Waals surface area contributed by atoms with Gasteiger partial charge < -0.3 is 10.6 Å². The smallest absolute Gasteiger partial charge is 0.191 e. The van der Waals surface area contributed by atoms with E-state index in [-0.39, 0.29) is 24.0 Å². The highest BCUT2D eigenvalue weighted by Crippen LogP contribution is 2.07. The second-order valence-electron chi connectivity index (χ2n) is 5.07. The first-order valence-corrected chi connectivity index (χ1v) is 8.19. The molecule has 0 spiro atoms. The quantitative estimate of drug-likeness (QED) is 0.413. The van der Waals surface area contributed by atoms with Crippen LogP contribution in [-0.2, 0) is 13.0 Å². The van der Waals surface area contributed by atoms with Crippen molar-refractivity contribution in [3.8, 4) is 0 Å². The number of thiophene rings is 1. The van der Waals surface area contributed by atoms with E-state index in [0.29, 0.717) is 6.04 Å². The Bertz CT molecular complexity index is 540. The summed E-state index contributed by atoms with van der Waals surface area (Å²) in [4.78, 5) is 5.60. The Morgan fingerprint density at radius 2 is 1.95 bits per heavy atom. The van der Waals surface area contributed by atoms with Crippen molar-refractivity contribution in [3.63, 3.8) is 0 Å². The predicted molar refractivity (Wildman–Crippen MR) is 107 cm³/mol. The Kier molecular flexibility index (Phi) is 9.15. The van der Waals surface area contributed by atoms with E-state index in [1.54, 1.807) is 11.3 Å². The number of halogens is 1. The van der Waals surface area contributed by atoms with E-state index in [2.05, 4.69) is 70.4 Å². The van der Waals surface area contributed by atoms with E-state index in [0.717, 1.165) is 25.3 Å². The molecule has 0 bridgehead atoms. The molecule has 0 aliphatic carbocycles. The molecule has 1 atom stereocenters. The summed E-state index contributed by atoms with van der Waals surface area (Å²) in [6.07, 6.45) is 2.17. The number of aliphatic imine (C=N–C) groups is 1. The number of aryl methyl sites for hydroxylation is 1. The summed E-state index contributed by atoms with van der Waals surface area (Å²) in [6.45, 7) is 3.02. The highest BCUT2D eigenvalue weighted by atomic mass is 127. The normalized spacial score (nSPS) is 12.4. The van der Waals surface area contributed by atoms with E-state index < -0.39 is 0 Å². The number of guanidine groups is 1. The van der Waals surface area contributed by atoms with Gasteiger partial charge in [-0.2, -0.15) is 0 Å². The van der Waals surface area contributed by atoms with Crippen molar-refractivity contribution in [1.29, 1.82) is 0 Å². The lowest BCUT2D eigenvalue weighted by Gasteiger charge is -2.17. The Morgan fingerprint density at radius 3 is 2.59 bits per heavy atom. The maximum absolute atomic E-state index is 4.28. The van der Waals surface area contributed by atoms with Gasteiger partial charge in [-0.15, -0.1) is 35.3 Å². The monoisotopic (exact) mass is 429 g/mol. The van der Waals surface area contributed by atoms with Gasteiger partial charge in [-0.05, 0) is 36.8 Å². The standard InChI is InChI=1S/C17H23N3S.HI/c1-14(10-11-15-7-4-3-5-8-15)20-17(18-2)19-13-16-9-6-12-21-16;/h3-9,12,14H,10-11,13H2,1-2H3,(H2,18,19,20);1H. The summed E-state index contributed by atoms with van der Waals surface area (Å²) in [5.74, 6) is 0.865. The van der Waals surface area contributed by atoms with Gasteiger partial charge in [0.25, 0.3) is 0 Å². The molecule has 5 heteroatoms. The summed E-state index contributed by atoms with van der Waals surface area (Å²) in [5.41, 5.74) is 1.38. The lowest BCUT2D eigenvalue weighted by atomic mass is 10.1. The number of nitrogens with one attached hydrogen (secondary N) is 2. The molecule has 0 saturated carbocycles. The Hall–Kier alpha value is -1.08. The highest BCUT2D eigenvalue weighted by molar-refractivity contribution is 14.0. The molecule has 0 amide bonds. The third-order valence-corrected chi connectivity index (χ3v) is 4.20. The van der Waals surface area contributed by atoms with Crippen molar-refractivity contribution in [1.82, 2.24) is 10.6 Å². The van der Waals surface area contributed by atoms with Crippen LogP contribution < -0.4 is 10.6 Å². The Morgan fingerprint density at radius 1 is 1.18 bits per heavy atom. The molecule has 1 aromatic carbocycles. The molecule has 22 heavy (non-hydrogen) atoms. The van der Waals surface area contributed by atoms with Crippen LogP contribution in [0.15, 0.2) is 52.8 Å². The predicted octanol–water partition coefficient (Wildman–Crippen LogP) is 4.05. The summed E-state index contributed by atoms with van der Waals surface area (Å²) in [6, 6.07) is 15.2. The van der Waals surface area contributed by atoms with Crippen molar-refractivity contribution < 1.29 is 0 Å². The van der Waals surface area contributed by atoms with Gasteiger partial charge in [0.2, 0.25) is 0 Å². The van der Waals surface area contributed by atoms with Crippen LogP contribution in [0.5, 0.6) is 0 Å². The van der Waals surface area contributed by atoms with Crippen molar-refractivity contribution in [2.24, 2.45) is 4.99 Å². The van der Waals surface area contributed by atoms with E-state index in [1.807, 2.05) is 7.05 Å². The molecule has 1 heterocycles. The van der Waals surface area contributed by atoms with Crippen LogP contribution in [0, 0.1) is 0 Å². The summed E-state index contributed by atoms with van der Waals surface area (Å²) in [7, 11) is 1.81. The van der Waals surface area contributed by atoms with Crippen molar-refractivity contribution >= 4 is 41.3 Å². The van der Waals surface area contributed by atoms with Crippen LogP contribution >= 0.6 is 35.3 Å². The Balaban J connectivity index is 0.00000242. The summed E-state index contributed by atoms with van der Waals surface area (Å²) >= 11 is 1.76. The lowest BCUT2D eigenvalue weighted by Crippen LogP contribution is -2.41. The van der Waals surface area contributed by atoms with Gasteiger partial charge in [0.15, 0.2) is 5.96 Å². The van der Waals surface area contributed by atoms with Crippen LogP contribution in [0.25, 0.3) is 0 Å². The van der Waals surface area contributed by atoms with Crippen LogP contribution in [-0.4, -0.2) is 19.0 Å². The topological polar surface area (TPSA) is 36.4 Å². The van der Waals surface area contributed by atoms with Gasteiger partial charge in [-0.1, -0.05) is 36.4 Å².